The Bertz CT molecular complexity index is 632. The summed E-state index contributed by atoms with van der Waals surface area (Å²) in [5.74, 6) is -4.13. The minimum absolute atomic E-state index is 0.216. The fourth-order valence-electron chi connectivity index (χ4n) is 2.35. The number of hydrogen-bond acceptors (Lipinski definition) is 4. The molecule has 1 heterocycles. The molecule has 116 valence electrons. The number of carbonyl (C=O) groups excluding carboxylic acids is 1. The van der Waals surface area contributed by atoms with Gasteiger partial charge < -0.3 is 10.6 Å². The van der Waals surface area contributed by atoms with Gasteiger partial charge in [-0.1, -0.05) is 0 Å². The number of nitrogens with zero attached hydrogens (tertiary/aromatic N) is 1. The lowest BCUT2D eigenvalue weighted by molar-refractivity contribution is -0.129. The van der Waals surface area contributed by atoms with E-state index in [0.717, 1.165) is 31.4 Å². The predicted molar refractivity (Wildman–Crippen MR) is 73.3 cm³/mol. The summed E-state index contributed by atoms with van der Waals surface area (Å²) in [7, 11) is -4.38. The summed E-state index contributed by atoms with van der Waals surface area (Å²) in [6, 6.07) is 1.45. The van der Waals surface area contributed by atoms with E-state index in [2.05, 4.69) is 0 Å². The normalized spacial score (nSPS) is 16.0. The highest BCUT2D eigenvalue weighted by Crippen LogP contribution is 2.23. The van der Waals surface area contributed by atoms with E-state index in [1.165, 1.54) is 4.90 Å². The number of anilines is 1. The van der Waals surface area contributed by atoms with Crippen LogP contribution in [0.4, 0.5) is 14.5 Å². The minimum Gasteiger partial charge on any atom is -0.399 e. The number of sulfone groups is 1. The quantitative estimate of drug-likeness (QED) is 0.853. The Labute approximate surface area is 121 Å². The van der Waals surface area contributed by atoms with Crippen molar-refractivity contribution in [3.05, 3.63) is 23.8 Å². The van der Waals surface area contributed by atoms with E-state index in [1.807, 2.05) is 0 Å². The number of likely N-dealkylation sites (tertiary alicyclic amines) is 1. The average Bonchev–Trinajstić information content (AvgIpc) is 2.37. The molecule has 0 bridgehead atoms. The SMILES string of the molecule is Nc1cc(F)c(S(=O)(=O)CC(=O)N2CCCCC2)c(F)c1. The van der Waals surface area contributed by atoms with E-state index in [4.69, 9.17) is 5.73 Å². The van der Waals surface area contributed by atoms with Crippen LogP contribution in [-0.2, 0) is 14.6 Å². The van der Waals surface area contributed by atoms with Gasteiger partial charge in [0, 0.05) is 18.8 Å². The third-order valence-electron chi connectivity index (χ3n) is 3.35. The molecule has 0 saturated carbocycles. The number of benzene rings is 1. The van der Waals surface area contributed by atoms with Gasteiger partial charge in [0.05, 0.1) is 0 Å². The van der Waals surface area contributed by atoms with Crippen molar-refractivity contribution < 1.29 is 22.0 Å². The van der Waals surface area contributed by atoms with Crippen LogP contribution in [0.15, 0.2) is 17.0 Å². The molecule has 2 rings (SSSR count). The monoisotopic (exact) mass is 318 g/mol. The first kappa shape index (κ1) is 15.7. The molecule has 1 saturated heterocycles. The van der Waals surface area contributed by atoms with Gasteiger partial charge in [0.25, 0.3) is 0 Å². The number of hydrogen-bond donors (Lipinski definition) is 1. The third kappa shape index (κ3) is 3.49. The van der Waals surface area contributed by atoms with Crippen molar-refractivity contribution in [3.63, 3.8) is 0 Å². The maximum Gasteiger partial charge on any atom is 0.238 e. The molecule has 0 spiro atoms. The maximum absolute atomic E-state index is 13.7. The van der Waals surface area contributed by atoms with Crippen molar-refractivity contribution in [2.75, 3.05) is 24.6 Å². The van der Waals surface area contributed by atoms with Gasteiger partial charge in [-0.3, -0.25) is 4.79 Å². The molecule has 0 unspecified atom stereocenters. The highest BCUT2D eigenvalue weighted by molar-refractivity contribution is 7.92. The van der Waals surface area contributed by atoms with E-state index in [9.17, 15) is 22.0 Å². The molecule has 0 aromatic heterocycles. The first-order valence-electron chi connectivity index (χ1n) is 6.56. The Morgan fingerprint density at radius 2 is 1.67 bits per heavy atom. The fraction of sp³-hybridized carbons (Fsp3) is 0.462. The molecule has 1 aromatic carbocycles. The lowest BCUT2D eigenvalue weighted by atomic mass is 10.1. The Hall–Kier alpha value is -1.70. The van der Waals surface area contributed by atoms with Crippen molar-refractivity contribution in [2.24, 2.45) is 0 Å². The van der Waals surface area contributed by atoms with E-state index < -0.39 is 38.0 Å². The molecule has 0 atom stereocenters. The molecule has 0 aliphatic carbocycles. The third-order valence-corrected chi connectivity index (χ3v) is 4.99. The van der Waals surface area contributed by atoms with Gasteiger partial charge in [0.2, 0.25) is 5.91 Å². The fourth-order valence-corrected chi connectivity index (χ4v) is 3.71. The summed E-state index contributed by atoms with van der Waals surface area (Å²) in [6.07, 6.45) is 2.59. The Morgan fingerprint density at radius 3 is 2.19 bits per heavy atom. The molecule has 1 amide bonds. The highest BCUT2D eigenvalue weighted by atomic mass is 32.2. The van der Waals surface area contributed by atoms with E-state index >= 15 is 0 Å². The van der Waals surface area contributed by atoms with E-state index in [0.29, 0.717) is 13.1 Å². The van der Waals surface area contributed by atoms with Crippen LogP contribution in [0.25, 0.3) is 0 Å². The highest BCUT2D eigenvalue weighted by Gasteiger charge is 2.29. The van der Waals surface area contributed by atoms with Crippen LogP contribution in [0, 0.1) is 11.6 Å². The van der Waals surface area contributed by atoms with Crippen molar-refractivity contribution in [1.29, 1.82) is 0 Å². The van der Waals surface area contributed by atoms with Crippen LogP contribution in [0.3, 0.4) is 0 Å². The Balaban J connectivity index is 2.24. The topological polar surface area (TPSA) is 80.5 Å². The summed E-state index contributed by atoms with van der Waals surface area (Å²) in [4.78, 5) is 12.3. The molecule has 2 N–H and O–H groups in total. The zero-order chi connectivity index (χ0) is 15.6. The number of nitrogens with two attached hydrogens (primary N) is 1. The second kappa shape index (κ2) is 5.97. The summed E-state index contributed by atoms with van der Waals surface area (Å²) < 4.78 is 51.5. The van der Waals surface area contributed by atoms with Gasteiger partial charge in [-0.05, 0) is 31.4 Å². The molecule has 1 aliphatic heterocycles. The number of rotatable bonds is 3. The van der Waals surface area contributed by atoms with E-state index in [-0.39, 0.29) is 5.69 Å². The zero-order valence-corrected chi connectivity index (χ0v) is 12.1. The number of piperidine rings is 1. The van der Waals surface area contributed by atoms with Crippen LogP contribution >= 0.6 is 0 Å². The summed E-state index contributed by atoms with van der Waals surface area (Å²) >= 11 is 0. The van der Waals surface area contributed by atoms with Gasteiger partial charge in [-0.2, -0.15) is 0 Å². The van der Waals surface area contributed by atoms with Crippen LogP contribution < -0.4 is 5.73 Å². The van der Waals surface area contributed by atoms with Crippen LogP contribution in [0.1, 0.15) is 19.3 Å². The Kier molecular flexibility index (Phi) is 4.46. The second-order valence-electron chi connectivity index (χ2n) is 5.01. The summed E-state index contributed by atoms with van der Waals surface area (Å²) in [6.45, 7) is 0.947. The molecule has 5 nitrogen and oxygen atoms in total. The molecule has 1 fully saturated rings. The minimum atomic E-state index is -4.38. The number of nitrogen functional groups attached to an aromatic ring is 1. The van der Waals surface area contributed by atoms with Gasteiger partial charge in [0.1, 0.15) is 22.3 Å². The maximum atomic E-state index is 13.7. The van der Waals surface area contributed by atoms with E-state index in [1.54, 1.807) is 0 Å². The van der Waals surface area contributed by atoms with Crippen LogP contribution in [-0.4, -0.2) is 38.1 Å². The molecule has 21 heavy (non-hydrogen) atoms. The van der Waals surface area contributed by atoms with Crippen molar-refractivity contribution in [2.45, 2.75) is 24.2 Å². The van der Waals surface area contributed by atoms with Gasteiger partial charge in [0.15, 0.2) is 9.84 Å². The Morgan fingerprint density at radius 1 is 1.14 bits per heavy atom. The number of carbonyl (C=O) groups is 1. The van der Waals surface area contributed by atoms with Gasteiger partial charge in [-0.25, -0.2) is 17.2 Å². The van der Waals surface area contributed by atoms with Crippen molar-refractivity contribution in [1.82, 2.24) is 4.90 Å². The second-order valence-corrected chi connectivity index (χ2v) is 6.94. The zero-order valence-electron chi connectivity index (χ0n) is 11.3. The van der Waals surface area contributed by atoms with Gasteiger partial charge in [-0.15, -0.1) is 0 Å². The molecule has 0 radical (unpaired) electrons. The lowest BCUT2D eigenvalue weighted by Crippen LogP contribution is -2.39. The van der Waals surface area contributed by atoms with Crippen molar-refractivity contribution >= 4 is 21.4 Å². The molecule has 1 aliphatic rings. The first-order chi connectivity index (χ1) is 9.81. The largest absolute Gasteiger partial charge is 0.399 e. The lowest BCUT2D eigenvalue weighted by Gasteiger charge is -2.26. The number of amides is 1. The first-order valence-corrected chi connectivity index (χ1v) is 8.21. The predicted octanol–water partition coefficient (Wildman–Crippen LogP) is 1.33. The summed E-state index contributed by atoms with van der Waals surface area (Å²) in [5, 5.41) is 0. The standard InChI is InChI=1S/C13H16F2N2O3S/c14-10-6-9(16)7-11(15)13(10)21(19,20)8-12(18)17-4-2-1-3-5-17/h6-7H,1-5,8,16H2. The smallest absolute Gasteiger partial charge is 0.238 e. The molecule has 8 heteroatoms. The summed E-state index contributed by atoms with van der Waals surface area (Å²) in [5.41, 5.74) is 5.02. The molecular formula is C13H16F2N2O3S. The van der Waals surface area contributed by atoms with Crippen LogP contribution in [0.2, 0.25) is 0 Å². The van der Waals surface area contributed by atoms with Crippen molar-refractivity contribution in [3.8, 4) is 0 Å². The molecular weight excluding hydrogens is 302 g/mol. The van der Waals surface area contributed by atoms with Gasteiger partial charge >= 0.3 is 0 Å². The van der Waals surface area contributed by atoms with Crippen LogP contribution in [0.5, 0.6) is 0 Å². The average molecular weight is 318 g/mol. The number of halogens is 2. The molecule has 1 aromatic rings.